The highest BCUT2D eigenvalue weighted by atomic mass is 79.9. The molecule has 1 heterocycles. The van der Waals surface area contributed by atoms with Gasteiger partial charge in [0.2, 0.25) is 0 Å². The largest absolute Gasteiger partial charge is 0.394 e. The Morgan fingerprint density at radius 3 is 2.69 bits per heavy atom. The summed E-state index contributed by atoms with van der Waals surface area (Å²) in [6.07, 6.45) is 1.69. The summed E-state index contributed by atoms with van der Waals surface area (Å²) in [5, 5.41) is 13.0. The van der Waals surface area contributed by atoms with Gasteiger partial charge < -0.3 is 10.8 Å². The summed E-state index contributed by atoms with van der Waals surface area (Å²) in [4.78, 5) is 0. The molecule has 0 amide bonds. The summed E-state index contributed by atoms with van der Waals surface area (Å²) in [6.45, 7) is 4.00. The van der Waals surface area contributed by atoms with E-state index in [0.29, 0.717) is 0 Å². The molecule has 1 aromatic heterocycles. The van der Waals surface area contributed by atoms with E-state index in [4.69, 9.17) is 10.8 Å². The molecule has 0 radical (unpaired) electrons. The van der Waals surface area contributed by atoms with Crippen LogP contribution in [0.5, 0.6) is 0 Å². The third-order valence-electron chi connectivity index (χ3n) is 1.85. The van der Waals surface area contributed by atoms with Crippen molar-refractivity contribution in [2.75, 3.05) is 6.61 Å². The normalized spacial score (nSPS) is 13.7. The van der Waals surface area contributed by atoms with Crippen LogP contribution in [0, 0.1) is 0 Å². The SMILES string of the molecule is CC(C)n1ncc(C(N)CO)c1Br. The molecule has 1 rings (SSSR count). The number of aliphatic hydroxyl groups excluding tert-OH is 1. The third-order valence-corrected chi connectivity index (χ3v) is 2.67. The van der Waals surface area contributed by atoms with Crippen LogP contribution in [0.1, 0.15) is 31.5 Å². The van der Waals surface area contributed by atoms with Crippen LogP contribution >= 0.6 is 15.9 Å². The Morgan fingerprint density at radius 1 is 1.69 bits per heavy atom. The first-order valence-corrected chi connectivity index (χ1v) is 4.96. The number of hydrogen-bond acceptors (Lipinski definition) is 3. The Kier molecular flexibility index (Phi) is 3.47. The molecule has 0 aromatic carbocycles. The van der Waals surface area contributed by atoms with Gasteiger partial charge in [0, 0.05) is 11.6 Å². The predicted molar refractivity (Wildman–Crippen MR) is 54.3 cm³/mol. The summed E-state index contributed by atoms with van der Waals surface area (Å²) in [5.74, 6) is 0. The second kappa shape index (κ2) is 4.21. The van der Waals surface area contributed by atoms with Crippen LogP contribution in [0.2, 0.25) is 0 Å². The standard InChI is InChI=1S/C8H14BrN3O/c1-5(2)12-8(9)6(3-11-12)7(10)4-13/h3,5,7,13H,4,10H2,1-2H3. The predicted octanol–water partition coefficient (Wildman–Crippen LogP) is 1.22. The number of nitrogens with zero attached hydrogens (tertiary/aromatic N) is 2. The lowest BCUT2D eigenvalue weighted by Crippen LogP contribution is -2.14. The van der Waals surface area contributed by atoms with E-state index >= 15 is 0 Å². The fourth-order valence-electron chi connectivity index (χ4n) is 1.07. The molecule has 1 unspecified atom stereocenters. The first-order chi connectivity index (χ1) is 6.07. The summed E-state index contributed by atoms with van der Waals surface area (Å²) < 4.78 is 2.68. The van der Waals surface area contributed by atoms with Gasteiger partial charge in [0.15, 0.2) is 0 Å². The number of hydrogen-bond donors (Lipinski definition) is 2. The van der Waals surface area contributed by atoms with Gasteiger partial charge in [0.05, 0.1) is 18.8 Å². The van der Waals surface area contributed by atoms with Gasteiger partial charge in [-0.25, -0.2) is 0 Å². The maximum Gasteiger partial charge on any atom is 0.109 e. The summed E-state index contributed by atoms with van der Waals surface area (Å²) >= 11 is 3.40. The van der Waals surface area contributed by atoms with E-state index < -0.39 is 0 Å². The minimum Gasteiger partial charge on any atom is -0.394 e. The number of aliphatic hydroxyl groups is 1. The Bertz CT molecular complexity index is 285. The number of rotatable bonds is 3. The van der Waals surface area contributed by atoms with Crippen LogP contribution in [0.4, 0.5) is 0 Å². The molecule has 0 bridgehead atoms. The van der Waals surface area contributed by atoms with E-state index in [9.17, 15) is 0 Å². The second-order valence-electron chi connectivity index (χ2n) is 3.22. The maximum absolute atomic E-state index is 8.88. The monoisotopic (exact) mass is 247 g/mol. The minimum atomic E-state index is -0.359. The van der Waals surface area contributed by atoms with E-state index in [-0.39, 0.29) is 18.7 Å². The zero-order valence-corrected chi connectivity index (χ0v) is 9.32. The van der Waals surface area contributed by atoms with E-state index in [1.165, 1.54) is 0 Å². The fraction of sp³-hybridized carbons (Fsp3) is 0.625. The lowest BCUT2D eigenvalue weighted by molar-refractivity contribution is 0.267. The molecule has 1 atom stereocenters. The van der Waals surface area contributed by atoms with Crippen molar-refractivity contribution in [1.29, 1.82) is 0 Å². The van der Waals surface area contributed by atoms with Crippen LogP contribution in [-0.4, -0.2) is 21.5 Å². The molecule has 0 aliphatic rings. The lowest BCUT2D eigenvalue weighted by Gasteiger charge is -2.09. The van der Waals surface area contributed by atoms with Crippen LogP contribution in [-0.2, 0) is 0 Å². The molecule has 13 heavy (non-hydrogen) atoms. The molecule has 4 nitrogen and oxygen atoms in total. The number of aromatic nitrogens is 2. The molecule has 0 aliphatic carbocycles. The quantitative estimate of drug-likeness (QED) is 0.845. The molecule has 0 spiro atoms. The Hall–Kier alpha value is -0.390. The van der Waals surface area contributed by atoms with Crippen molar-refractivity contribution >= 4 is 15.9 Å². The summed E-state index contributed by atoms with van der Waals surface area (Å²) in [7, 11) is 0. The van der Waals surface area contributed by atoms with Crippen LogP contribution < -0.4 is 5.73 Å². The van der Waals surface area contributed by atoms with Crippen LogP contribution in [0.25, 0.3) is 0 Å². The molecule has 0 saturated carbocycles. The van der Waals surface area contributed by atoms with Gasteiger partial charge in [-0.2, -0.15) is 5.10 Å². The highest BCUT2D eigenvalue weighted by Crippen LogP contribution is 2.24. The van der Waals surface area contributed by atoms with Crippen molar-refractivity contribution in [2.24, 2.45) is 5.73 Å². The third kappa shape index (κ3) is 2.10. The average Bonchev–Trinajstić information content (AvgIpc) is 2.46. The van der Waals surface area contributed by atoms with Crippen LogP contribution in [0.15, 0.2) is 10.8 Å². The topological polar surface area (TPSA) is 64.1 Å². The minimum absolute atomic E-state index is 0.0671. The smallest absolute Gasteiger partial charge is 0.109 e. The van der Waals surface area contributed by atoms with Gasteiger partial charge >= 0.3 is 0 Å². The average molecular weight is 248 g/mol. The van der Waals surface area contributed by atoms with Gasteiger partial charge in [0.25, 0.3) is 0 Å². The first-order valence-electron chi connectivity index (χ1n) is 4.17. The molecule has 1 aromatic rings. The van der Waals surface area contributed by atoms with Gasteiger partial charge in [-0.05, 0) is 29.8 Å². The highest BCUT2D eigenvalue weighted by molar-refractivity contribution is 9.10. The van der Waals surface area contributed by atoms with E-state index in [0.717, 1.165) is 10.2 Å². The molecule has 74 valence electrons. The van der Waals surface area contributed by atoms with Gasteiger partial charge in [0.1, 0.15) is 4.60 Å². The first kappa shape index (κ1) is 10.7. The highest BCUT2D eigenvalue weighted by Gasteiger charge is 2.15. The zero-order chi connectivity index (χ0) is 10.0. The number of halogens is 1. The van der Waals surface area contributed by atoms with Gasteiger partial charge in [-0.1, -0.05) is 0 Å². The van der Waals surface area contributed by atoms with E-state index in [1.54, 1.807) is 6.20 Å². The molecule has 0 saturated heterocycles. The van der Waals surface area contributed by atoms with Crippen molar-refractivity contribution in [3.8, 4) is 0 Å². The van der Waals surface area contributed by atoms with Gasteiger partial charge in [-0.3, -0.25) is 4.68 Å². The zero-order valence-electron chi connectivity index (χ0n) is 7.74. The van der Waals surface area contributed by atoms with Crippen molar-refractivity contribution < 1.29 is 5.11 Å². The Morgan fingerprint density at radius 2 is 2.31 bits per heavy atom. The van der Waals surface area contributed by atoms with E-state index in [1.807, 2.05) is 18.5 Å². The Balaban J connectivity index is 2.99. The molecule has 5 heteroatoms. The maximum atomic E-state index is 8.88. The lowest BCUT2D eigenvalue weighted by atomic mass is 10.2. The van der Waals surface area contributed by atoms with Crippen LogP contribution in [0.3, 0.4) is 0 Å². The summed E-state index contributed by atoms with van der Waals surface area (Å²) in [6, 6.07) is -0.0732. The van der Waals surface area contributed by atoms with Crippen molar-refractivity contribution in [2.45, 2.75) is 25.9 Å². The van der Waals surface area contributed by atoms with Crippen molar-refractivity contribution in [1.82, 2.24) is 9.78 Å². The van der Waals surface area contributed by atoms with E-state index in [2.05, 4.69) is 21.0 Å². The number of nitrogens with two attached hydrogens (primary N) is 1. The molecular weight excluding hydrogens is 234 g/mol. The van der Waals surface area contributed by atoms with Gasteiger partial charge in [-0.15, -0.1) is 0 Å². The van der Waals surface area contributed by atoms with Crippen molar-refractivity contribution in [3.63, 3.8) is 0 Å². The molecule has 3 N–H and O–H groups in total. The molecule has 0 fully saturated rings. The Labute approximate surface area is 85.9 Å². The second-order valence-corrected chi connectivity index (χ2v) is 3.97. The van der Waals surface area contributed by atoms with Crippen molar-refractivity contribution in [3.05, 3.63) is 16.4 Å². The molecular formula is C8H14BrN3O. The summed E-state index contributed by atoms with van der Waals surface area (Å²) in [5.41, 5.74) is 6.52. The molecule has 0 aliphatic heterocycles. The fourth-order valence-corrected chi connectivity index (χ4v) is 1.97.